The van der Waals surface area contributed by atoms with Crippen LogP contribution in [0.5, 0.6) is 0 Å². The minimum atomic E-state index is 0.503. The van der Waals surface area contributed by atoms with Gasteiger partial charge in [0, 0.05) is 26.9 Å². The second-order valence-electron chi connectivity index (χ2n) is 3.32. The number of nitrogens with one attached hydrogen (secondary N) is 1. The molecule has 0 fully saturated rings. The number of nitrogens with zero attached hydrogens (tertiary/aromatic N) is 2. The first-order chi connectivity index (χ1) is 7.86. The first kappa shape index (κ1) is 12.9. The summed E-state index contributed by atoms with van der Waals surface area (Å²) < 4.78 is 10.3. The quantitative estimate of drug-likeness (QED) is 0.679. The molecule has 0 unspecified atom stereocenters. The molecule has 90 valence electrons. The molecule has 5 nitrogen and oxygen atoms in total. The summed E-state index contributed by atoms with van der Waals surface area (Å²) in [6.45, 7) is 4.79. The Morgan fingerprint density at radius 1 is 1.25 bits per heavy atom. The van der Waals surface area contributed by atoms with Crippen LogP contribution in [-0.2, 0) is 16.1 Å². The van der Waals surface area contributed by atoms with Crippen LogP contribution in [0.25, 0.3) is 0 Å². The van der Waals surface area contributed by atoms with Gasteiger partial charge in [0.25, 0.3) is 0 Å². The Morgan fingerprint density at radius 3 is 2.75 bits per heavy atom. The van der Waals surface area contributed by atoms with Gasteiger partial charge >= 0.3 is 0 Å². The molecule has 0 atom stereocenters. The summed E-state index contributed by atoms with van der Waals surface area (Å²) in [5.74, 6) is 0.797. The molecule has 0 saturated carbocycles. The van der Waals surface area contributed by atoms with Crippen molar-refractivity contribution < 1.29 is 9.47 Å². The van der Waals surface area contributed by atoms with E-state index in [1.165, 1.54) is 0 Å². The fourth-order valence-electron chi connectivity index (χ4n) is 1.18. The molecule has 1 aromatic rings. The van der Waals surface area contributed by atoms with Crippen LogP contribution in [0.4, 0.5) is 5.82 Å². The lowest BCUT2D eigenvalue weighted by Crippen LogP contribution is -2.03. The maximum atomic E-state index is 5.42. The van der Waals surface area contributed by atoms with Crippen molar-refractivity contribution in [1.29, 1.82) is 0 Å². The van der Waals surface area contributed by atoms with E-state index in [2.05, 4.69) is 15.3 Å². The highest BCUT2D eigenvalue weighted by Crippen LogP contribution is 2.01. The van der Waals surface area contributed by atoms with E-state index in [0.29, 0.717) is 13.2 Å². The Morgan fingerprint density at radius 2 is 2.12 bits per heavy atom. The van der Waals surface area contributed by atoms with Crippen molar-refractivity contribution in [2.45, 2.75) is 20.0 Å². The van der Waals surface area contributed by atoms with Gasteiger partial charge in [-0.25, -0.2) is 4.98 Å². The molecule has 0 aliphatic carbocycles. The van der Waals surface area contributed by atoms with Crippen molar-refractivity contribution in [3.8, 4) is 0 Å². The molecule has 5 heteroatoms. The number of hydrogen-bond donors (Lipinski definition) is 1. The van der Waals surface area contributed by atoms with E-state index >= 15 is 0 Å². The average Bonchev–Trinajstić information content (AvgIpc) is 2.31. The van der Waals surface area contributed by atoms with Crippen molar-refractivity contribution in [3.05, 3.63) is 18.1 Å². The fourth-order valence-corrected chi connectivity index (χ4v) is 1.18. The molecule has 1 heterocycles. The second kappa shape index (κ2) is 8.01. The molecule has 0 spiro atoms. The normalized spacial score (nSPS) is 10.4. The first-order valence-electron chi connectivity index (χ1n) is 5.48. The van der Waals surface area contributed by atoms with Crippen molar-refractivity contribution >= 4 is 5.82 Å². The highest BCUT2D eigenvalue weighted by atomic mass is 16.5. The summed E-state index contributed by atoms with van der Waals surface area (Å²) in [5.41, 5.74) is 0.846. The van der Waals surface area contributed by atoms with E-state index in [-0.39, 0.29) is 0 Å². The van der Waals surface area contributed by atoms with Gasteiger partial charge in [-0.3, -0.25) is 4.98 Å². The predicted molar refractivity (Wildman–Crippen MR) is 62.3 cm³/mol. The molecule has 1 rings (SSSR count). The molecule has 0 aromatic carbocycles. The van der Waals surface area contributed by atoms with Gasteiger partial charge in [-0.15, -0.1) is 0 Å². The minimum absolute atomic E-state index is 0.503. The van der Waals surface area contributed by atoms with Crippen LogP contribution in [0.1, 0.15) is 19.0 Å². The minimum Gasteiger partial charge on any atom is -0.385 e. The molecular formula is C11H19N3O2. The summed E-state index contributed by atoms with van der Waals surface area (Å²) in [5, 5.41) is 3.09. The van der Waals surface area contributed by atoms with Gasteiger partial charge < -0.3 is 14.8 Å². The third kappa shape index (κ3) is 5.04. The van der Waals surface area contributed by atoms with E-state index in [9.17, 15) is 0 Å². The van der Waals surface area contributed by atoms with Crippen molar-refractivity contribution in [2.75, 3.05) is 32.2 Å². The van der Waals surface area contributed by atoms with Gasteiger partial charge in [0.2, 0.25) is 0 Å². The molecule has 0 amide bonds. The van der Waals surface area contributed by atoms with Crippen LogP contribution in [0.3, 0.4) is 0 Å². The standard InChI is InChI=1S/C11H19N3O2/c1-3-12-11-8-13-10(7-14-11)9-16-6-4-5-15-2/h7-8H,3-6,9H2,1-2H3,(H,12,14). The lowest BCUT2D eigenvalue weighted by molar-refractivity contribution is 0.0909. The summed E-state index contributed by atoms with van der Waals surface area (Å²) in [4.78, 5) is 8.44. The molecule has 0 aliphatic rings. The Labute approximate surface area is 96.2 Å². The van der Waals surface area contributed by atoms with E-state index in [1.807, 2.05) is 6.92 Å². The largest absolute Gasteiger partial charge is 0.385 e. The van der Waals surface area contributed by atoms with Crippen molar-refractivity contribution in [1.82, 2.24) is 9.97 Å². The number of aromatic nitrogens is 2. The zero-order chi connectivity index (χ0) is 11.6. The number of ether oxygens (including phenoxy) is 2. The number of rotatable bonds is 8. The Bertz CT molecular complexity index is 277. The van der Waals surface area contributed by atoms with Gasteiger partial charge in [0.1, 0.15) is 5.82 Å². The molecule has 0 saturated heterocycles. The third-order valence-corrected chi connectivity index (χ3v) is 1.95. The SMILES string of the molecule is CCNc1cnc(COCCCOC)cn1. The first-order valence-corrected chi connectivity index (χ1v) is 5.48. The Balaban J connectivity index is 2.21. The fraction of sp³-hybridized carbons (Fsp3) is 0.636. The number of anilines is 1. The van der Waals surface area contributed by atoms with Gasteiger partial charge in [-0.1, -0.05) is 0 Å². The van der Waals surface area contributed by atoms with Gasteiger partial charge in [-0.2, -0.15) is 0 Å². The topological polar surface area (TPSA) is 56.3 Å². The highest BCUT2D eigenvalue weighted by molar-refractivity contribution is 5.30. The van der Waals surface area contributed by atoms with Gasteiger partial charge in [0.15, 0.2) is 0 Å². The van der Waals surface area contributed by atoms with E-state index in [0.717, 1.165) is 31.1 Å². The molecule has 1 N–H and O–H groups in total. The van der Waals surface area contributed by atoms with Crippen LogP contribution in [-0.4, -0.2) is 36.8 Å². The molecule has 16 heavy (non-hydrogen) atoms. The monoisotopic (exact) mass is 225 g/mol. The van der Waals surface area contributed by atoms with E-state index < -0.39 is 0 Å². The summed E-state index contributed by atoms with van der Waals surface area (Å²) in [7, 11) is 1.69. The van der Waals surface area contributed by atoms with Gasteiger partial charge in [-0.05, 0) is 13.3 Å². The molecule has 1 aromatic heterocycles. The summed E-state index contributed by atoms with van der Waals surface area (Å²) in [6, 6.07) is 0. The van der Waals surface area contributed by atoms with Gasteiger partial charge in [0.05, 0.1) is 24.7 Å². The summed E-state index contributed by atoms with van der Waals surface area (Å²) in [6.07, 6.45) is 4.35. The maximum Gasteiger partial charge on any atom is 0.144 e. The molecule has 0 bridgehead atoms. The molecule has 0 aliphatic heterocycles. The van der Waals surface area contributed by atoms with Crippen LogP contribution >= 0.6 is 0 Å². The number of hydrogen-bond acceptors (Lipinski definition) is 5. The molecular weight excluding hydrogens is 206 g/mol. The molecule has 0 radical (unpaired) electrons. The Hall–Kier alpha value is -1.20. The maximum absolute atomic E-state index is 5.42. The smallest absolute Gasteiger partial charge is 0.144 e. The van der Waals surface area contributed by atoms with Crippen LogP contribution in [0, 0.1) is 0 Å². The lowest BCUT2D eigenvalue weighted by atomic mass is 10.4. The van der Waals surface area contributed by atoms with Crippen LogP contribution in [0.15, 0.2) is 12.4 Å². The van der Waals surface area contributed by atoms with Crippen LogP contribution < -0.4 is 5.32 Å². The van der Waals surface area contributed by atoms with E-state index in [1.54, 1.807) is 19.5 Å². The lowest BCUT2D eigenvalue weighted by Gasteiger charge is -2.04. The average molecular weight is 225 g/mol. The van der Waals surface area contributed by atoms with Crippen LogP contribution in [0.2, 0.25) is 0 Å². The zero-order valence-electron chi connectivity index (χ0n) is 9.90. The van der Waals surface area contributed by atoms with Crippen molar-refractivity contribution in [3.63, 3.8) is 0 Å². The zero-order valence-corrected chi connectivity index (χ0v) is 9.90. The third-order valence-electron chi connectivity index (χ3n) is 1.95. The van der Waals surface area contributed by atoms with Crippen molar-refractivity contribution in [2.24, 2.45) is 0 Å². The highest BCUT2D eigenvalue weighted by Gasteiger charge is 1.97. The predicted octanol–water partition coefficient (Wildman–Crippen LogP) is 1.46. The second-order valence-corrected chi connectivity index (χ2v) is 3.32. The summed E-state index contributed by atoms with van der Waals surface area (Å²) >= 11 is 0. The Kier molecular flexibility index (Phi) is 6.44. The van der Waals surface area contributed by atoms with E-state index in [4.69, 9.17) is 9.47 Å². The number of methoxy groups -OCH3 is 1.